The van der Waals surface area contributed by atoms with Crippen molar-refractivity contribution in [3.63, 3.8) is 0 Å². The zero-order valence-electron chi connectivity index (χ0n) is 32.8. The SMILES string of the molecule is CC(=O)OC[C@H]1O[C@@H](n2cc(CCCCCCCCC(=O)c3c(O)c4cc5c6c(c4oc3=O)CCCN6CCC5)nn2)[C@H](OC(C)=O)[C@@H](OC(C)=O)[C@H]1OC(C)=O. The number of aryl methyl sites for hydroxylation is 3. The molecular weight excluding hydrogens is 744 g/mol. The number of unbranched alkanes of at least 4 members (excludes halogenated alkanes) is 5. The predicted octanol–water partition coefficient (Wildman–Crippen LogP) is 4.20. The fourth-order valence-corrected chi connectivity index (χ4v) is 8.14. The van der Waals surface area contributed by atoms with E-state index in [0.29, 0.717) is 29.5 Å². The summed E-state index contributed by atoms with van der Waals surface area (Å²) in [6, 6.07) is 1.89. The minimum Gasteiger partial charge on any atom is -0.506 e. The van der Waals surface area contributed by atoms with E-state index in [-0.39, 0.29) is 24.3 Å². The fraction of sp³-hybridized carbons (Fsp3) is 0.600. The van der Waals surface area contributed by atoms with Crippen molar-refractivity contribution in [2.45, 2.75) is 135 Å². The lowest BCUT2D eigenvalue weighted by Crippen LogP contribution is -2.60. The maximum absolute atomic E-state index is 13.2. The van der Waals surface area contributed by atoms with E-state index < -0.39 is 65.9 Å². The summed E-state index contributed by atoms with van der Waals surface area (Å²) in [4.78, 5) is 76.5. The van der Waals surface area contributed by atoms with Crippen LogP contribution in [-0.2, 0) is 62.1 Å². The maximum atomic E-state index is 13.2. The summed E-state index contributed by atoms with van der Waals surface area (Å²) in [5.41, 5.74) is 3.14. The minimum absolute atomic E-state index is 0.123. The topological polar surface area (TPSA) is 216 Å². The second kappa shape index (κ2) is 18.3. The number of anilines is 1. The van der Waals surface area contributed by atoms with Crippen molar-refractivity contribution in [3.05, 3.63) is 45.1 Å². The summed E-state index contributed by atoms with van der Waals surface area (Å²) >= 11 is 0. The number of fused-ring (bicyclic) bond motifs is 2. The second-order valence-corrected chi connectivity index (χ2v) is 14.9. The molecule has 308 valence electrons. The number of ether oxygens (including phenoxy) is 5. The lowest BCUT2D eigenvalue weighted by Gasteiger charge is -2.44. The van der Waals surface area contributed by atoms with E-state index in [4.69, 9.17) is 28.1 Å². The van der Waals surface area contributed by atoms with Crippen molar-refractivity contribution >= 4 is 46.3 Å². The molecule has 17 heteroatoms. The van der Waals surface area contributed by atoms with E-state index in [1.54, 1.807) is 6.20 Å². The Balaban J connectivity index is 1.01. The first kappa shape index (κ1) is 41.3. The Morgan fingerprint density at radius 2 is 1.49 bits per heavy atom. The molecule has 1 saturated heterocycles. The van der Waals surface area contributed by atoms with E-state index in [1.807, 2.05) is 6.07 Å². The number of rotatable bonds is 16. The number of carbonyl (C=O) groups excluding carboxylic acids is 5. The van der Waals surface area contributed by atoms with E-state index in [1.165, 1.54) is 18.5 Å². The smallest absolute Gasteiger partial charge is 0.351 e. The van der Waals surface area contributed by atoms with Crippen LogP contribution in [0, 0.1) is 0 Å². The number of esters is 4. The highest BCUT2D eigenvalue weighted by Crippen LogP contribution is 2.42. The number of ketones is 1. The number of carbonyl (C=O) groups is 5. The van der Waals surface area contributed by atoms with Crippen LogP contribution in [0.2, 0.25) is 0 Å². The normalized spacial score (nSPS) is 21.4. The van der Waals surface area contributed by atoms with Gasteiger partial charge in [0.1, 0.15) is 29.6 Å². The summed E-state index contributed by atoms with van der Waals surface area (Å²) in [7, 11) is 0. The molecule has 0 unspecified atom stereocenters. The van der Waals surface area contributed by atoms with Crippen molar-refractivity contribution in [2.75, 3.05) is 24.6 Å². The number of hydrogen-bond acceptors (Lipinski definition) is 16. The quantitative estimate of drug-likeness (QED) is 0.0707. The van der Waals surface area contributed by atoms with Crippen LogP contribution < -0.4 is 10.5 Å². The molecule has 2 aromatic heterocycles. The zero-order valence-corrected chi connectivity index (χ0v) is 32.8. The van der Waals surface area contributed by atoms with Crippen molar-refractivity contribution in [1.82, 2.24) is 15.0 Å². The maximum Gasteiger partial charge on any atom is 0.351 e. The molecular formula is C40H50N4O13. The second-order valence-electron chi connectivity index (χ2n) is 14.9. The highest BCUT2D eigenvalue weighted by molar-refractivity contribution is 6.04. The molecule has 0 spiro atoms. The zero-order chi connectivity index (χ0) is 40.8. The molecule has 3 aromatic rings. The van der Waals surface area contributed by atoms with Crippen molar-refractivity contribution in [3.8, 4) is 5.75 Å². The van der Waals surface area contributed by atoms with Crippen LogP contribution >= 0.6 is 0 Å². The third kappa shape index (κ3) is 9.63. The van der Waals surface area contributed by atoms with Gasteiger partial charge in [-0.05, 0) is 56.6 Å². The molecule has 0 amide bonds. The molecule has 3 aliphatic heterocycles. The predicted molar refractivity (Wildman–Crippen MR) is 201 cm³/mol. The molecule has 0 saturated carbocycles. The summed E-state index contributed by atoms with van der Waals surface area (Å²) in [6.07, 6.45) is 4.41. The Hall–Kier alpha value is -5.32. The van der Waals surface area contributed by atoms with Crippen LogP contribution in [0.3, 0.4) is 0 Å². The Bertz CT molecular complexity index is 2060. The van der Waals surface area contributed by atoms with Crippen LogP contribution in [-0.4, -0.2) is 93.9 Å². The van der Waals surface area contributed by atoms with Crippen molar-refractivity contribution in [1.29, 1.82) is 0 Å². The van der Waals surface area contributed by atoms with Gasteiger partial charge >= 0.3 is 29.5 Å². The van der Waals surface area contributed by atoms with Gasteiger partial charge in [-0.3, -0.25) is 24.0 Å². The molecule has 0 aliphatic carbocycles. The molecule has 57 heavy (non-hydrogen) atoms. The summed E-state index contributed by atoms with van der Waals surface area (Å²) < 4.78 is 34.8. The molecule has 6 rings (SSSR count). The number of aromatic hydroxyl groups is 1. The van der Waals surface area contributed by atoms with Crippen LogP contribution in [0.15, 0.2) is 21.5 Å². The summed E-state index contributed by atoms with van der Waals surface area (Å²) in [5, 5.41) is 20.0. The average Bonchev–Trinajstić information content (AvgIpc) is 3.62. The lowest BCUT2D eigenvalue weighted by molar-refractivity contribution is -0.270. The van der Waals surface area contributed by atoms with Crippen LogP contribution in [0.25, 0.3) is 11.0 Å². The highest BCUT2D eigenvalue weighted by Gasteiger charge is 2.53. The first-order valence-corrected chi connectivity index (χ1v) is 19.7. The minimum atomic E-state index is -1.32. The Morgan fingerprint density at radius 1 is 0.842 bits per heavy atom. The number of benzene rings is 1. The van der Waals surface area contributed by atoms with Crippen molar-refractivity contribution in [2.24, 2.45) is 0 Å². The van der Waals surface area contributed by atoms with Crippen molar-refractivity contribution < 1.29 is 57.2 Å². The van der Waals surface area contributed by atoms with Gasteiger partial charge in [-0.1, -0.05) is 30.9 Å². The number of nitrogens with zero attached hydrogens (tertiary/aromatic N) is 4. The molecule has 1 fully saturated rings. The Morgan fingerprint density at radius 3 is 2.19 bits per heavy atom. The number of hydrogen-bond donors (Lipinski definition) is 1. The summed E-state index contributed by atoms with van der Waals surface area (Å²) in [6.45, 7) is 6.24. The monoisotopic (exact) mass is 794 g/mol. The molecule has 1 aromatic carbocycles. The number of aromatic nitrogens is 3. The molecule has 5 heterocycles. The number of Topliss-reactive ketones (excluding diaryl/α,β-unsaturated/α-hetero) is 1. The van der Waals surface area contributed by atoms with Gasteiger partial charge < -0.3 is 38.1 Å². The first-order chi connectivity index (χ1) is 27.3. The van der Waals surface area contributed by atoms with Crippen LogP contribution in [0.5, 0.6) is 5.75 Å². The van der Waals surface area contributed by atoms with Crippen LogP contribution in [0.4, 0.5) is 5.69 Å². The summed E-state index contributed by atoms with van der Waals surface area (Å²) in [5.74, 6) is -3.49. The molecule has 0 radical (unpaired) electrons. The largest absolute Gasteiger partial charge is 0.506 e. The molecule has 17 nitrogen and oxygen atoms in total. The molecule has 1 N–H and O–H groups in total. The lowest BCUT2D eigenvalue weighted by atomic mass is 9.89. The van der Waals surface area contributed by atoms with Gasteiger partial charge in [0.25, 0.3) is 0 Å². The molecule has 0 bridgehead atoms. The van der Waals surface area contributed by atoms with E-state index >= 15 is 0 Å². The van der Waals surface area contributed by atoms with Crippen LogP contribution in [0.1, 0.15) is 119 Å². The Labute approximate surface area is 328 Å². The molecule has 5 atom stereocenters. The average molecular weight is 795 g/mol. The van der Waals surface area contributed by atoms with Gasteiger partial charge in [0.05, 0.1) is 17.3 Å². The van der Waals surface area contributed by atoms with E-state index in [2.05, 4.69) is 15.2 Å². The van der Waals surface area contributed by atoms with E-state index in [9.17, 15) is 33.9 Å². The van der Waals surface area contributed by atoms with Gasteiger partial charge in [-0.2, -0.15) is 0 Å². The Kier molecular flexibility index (Phi) is 13.3. The van der Waals surface area contributed by atoms with Gasteiger partial charge in [-0.15, -0.1) is 5.10 Å². The molecule has 3 aliphatic rings. The van der Waals surface area contributed by atoms with Gasteiger partial charge in [-0.25, -0.2) is 9.48 Å². The standard InChI is InChI=1S/C40H50N4O13/c1-22(45)52-21-31-36(53-23(2)46)37(54-24(3)47)38(55-25(4)48)39(56-31)44-20-27(41-42-44)14-9-7-5-6-8-10-16-30(49)32-34(50)29-19-26-13-11-17-43-18-12-15-28(33(26)43)35(29)57-40(32)51/h19-20,31,36-39,50H,5-18,21H2,1-4H3/t31-,36+,37+,38-,39-/m1/s1. The highest BCUT2D eigenvalue weighted by atomic mass is 16.7. The first-order valence-electron chi connectivity index (χ1n) is 19.7. The van der Waals surface area contributed by atoms with Gasteiger partial charge in [0.2, 0.25) is 0 Å². The fourth-order valence-electron chi connectivity index (χ4n) is 8.14. The third-order valence-electron chi connectivity index (χ3n) is 10.5. The van der Waals surface area contributed by atoms with Gasteiger partial charge in [0, 0.05) is 58.5 Å². The van der Waals surface area contributed by atoms with Gasteiger partial charge in [0.15, 0.2) is 30.3 Å². The third-order valence-corrected chi connectivity index (χ3v) is 10.5. The van der Waals surface area contributed by atoms with E-state index in [0.717, 1.165) is 102 Å².